The molecule has 48 valence electrons. The van der Waals surface area contributed by atoms with Crippen molar-refractivity contribution in [2.45, 2.75) is 6.92 Å². The van der Waals surface area contributed by atoms with Gasteiger partial charge in [0.15, 0.2) is 0 Å². The van der Waals surface area contributed by atoms with E-state index in [0.29, 0.717) is 4.88 Å². The number of hydrogen-bond acceptors (Lipinski definition) is 3. The van der Waals surface area contributed by atoms with Crippen LogP contribution in [0.15, 0.2) is 12.1 Å². The third-order valence-corrected chi connectivity index (χ3v) is 1.92. The molecular formula is C6H5LiO2S. The summed E-state index contributed by atoms with van der Waals surface area (Å²) in [5.74, 6) is -1.09. The molecule has 0 fully saturated rings. The van der Waals surface area contributed by atoms with Crippen molar-refractivity contribution in [1.82, 2.24) is 0 Å². The van der Waals surface area contributed by atoms with Crippen LogP contribution in [0.5, 0.6) is 0 Å². The van der Waals surface area contributed by atoms with E-state index in [1.54, 1.807) is 12.1 Å². The minimum Gasteiger partial charge on any atom is -0.544 e. The largest absolute Gasteiger partial charge is 1.00 e. The van der Waals surface area contributed by atoms with E-state index in [1.165, 1.54) is 11.3 Å². The number of aryl methyl sites for hydroxylation is 1. The molecule has 0 aliphatic carbocycles. The van der Waals surface area contributed by atoms with E-state index in [2.05, 4.69) is 0 Å². The fourth-order valence-corrected chi connectivity index (χ4v) is 1.25. The Labute approximate surface area is 75.1 Å². The van der Waals surface area contributed by atoms with Crippen LogP contribution in [0.2, 0.25) is 0 Å². The summed E-state index contributed by atoms with van der Waals surface area (Å²) in [6.45, 7) is 1.86. The first-order valence-electron chi connectivity index (χ1n) is 2.48. The van der Waals surface area contributed by atoms with Crippen LogP contribution in [-0.4, -0.2) is 5.97 Å². The molecule has 1 aromatic rings. The third kappa shape index (κ3) is 2.18. The Balaban J connectivity index is 0.000000810. The number of carboxylic acid groups (broad SMARTS) is 1. The minimum atomic E-state index is -1.09. The van der Waals surface area contributed by atoms with Crippen LogP contribution < -0.4 is 24.0 Å². The molecule has 1 heterocycles. The fourth-order valence-electron chi connectivity index (χ4n) is 0.544. The molecule has 0 amide bonds. The van der Waals surface area contributed by atoms with Gasteiger partial charge in [0.2, 0.25) is 0 Å². The second kappa shape index (κ2) is 3.82. The second-order valence-corrected chi connectivity index (χ2v) is 2.99. The quantitative estimate of drug-likeness (QED) is 0.410. The molecule has 0 aliphatic heterocycles. The van der Waals surface area contributed by atoms with Crippen LogP contribution in [0.4, 0.5) is 0 Å². The summed E-state index contributed by atoms with van der Waals surface area (Å²) in [5.41, 5.74) is 0. The topological polar surface area (TPSA) is 40.1 Å². The van der Waals surface area contributed by atoms with Crippen LogP contribution in [0, 0.1) is 6.92 Å². The maximum atomic E-state index is 10.1. The smallest absolute Gasteiger partial charge is 0.544 e. The van der Waals surface area contributed by atoms with Crippen molar-refractivity contribution in [2.24, 2.45) is 0 Å². The summed E-state index contributed by atoms with van der Waals surface area (Å²) in [4.78, 5) is 11.4. The standard InChI is InChI=1S/C6H6O2S.Li/c1-4-2-3-5(9-4)6(7)8;/h2-3H,1H3,(H,7,8);/q;+1/p-1. The van der Waals surface area contributed by atoms with E-state index in [4.69, 9.17) is 0 Å². The van der Waals surface area contributed by atoms with Crippen molar-refractivity contribution in [1.29, 1.82) is 0 Å². The van der Waals surface area contributed by atoms with E-state index >= 15 is 0 Å². The SMILES string of the molecule is Cc1ccc(C(=O)[O-])s1.[Li+]. The first-order chi connectivity index (χ1) is 4.20. The monoisotopic (exact) mass is 148 g/mol. The first kappa shape index (κ1) is 9.77. The van der Waals surface area contributed by atoms with E-state index in [1.807, 2.05) is 6.92 Å². The molecule has 0 aromatic carbocycles. The Bertz CT molecular complexity index is 231. The van der Waals surface area contributed by atoms with Crippen molar-refractivity contribution < 1.29 is 28.8 Å². The van der Waals surface area contributed by atoms with Crippen molar-refractivity contribution in [3.63, 3.8) is 0 Å². The maximum absolute atomic E-state index is 10.1. The molecule has 0 aliphatic rings. The molecule has 0 saturated heterocycles. The van der Waals surface area contributed by atoms with E-state index in [9.17, 15) is 9.90 Å². The van der Waals surface area contributed by atoms with Gasteiger partial charge < -0.3 is 9.90 Å². The van der Waals surface area contributed by atoms with Gasteiger partial charge in [-0.3, -0.25) is 0 Å². The predicted octanol–water partition coefficient (Wildman–Crippen LogP) is -2.58. The predicted molar refractivity (Wildman–Crippen MR) is 33.4 cm³/mol. The van der Waals surface area contributed by atoms with Crippen LogP contribution >= 0.6 is 11.3 Å². The van der Waals surface area contributed by atoms with Gasteiger partial charge in [-0.05, 0) is 19.1 Å². The molecule has 1 aromatic heterocycles. The Morgan fingerprint density at radius 1 is 1.60 bits per heavy atom. The molecule has 0 bridgehead atoms. The molecule has 0 saturated carbocycles. The number of carboxylic acids is 1. The molecule has 0 spiro atoms. The molecule has 2 nitrogen and oxygen atoms in total. The molecule has 0 radical (unpaired) electrons. The van der Waals surface area contributed by atoms with Gasteiger partial charge >= 0.3 is 18.9 Å². The van der Waals surface area contributed by atoms with Crippen molar-refractivity contribution in [3.05, 3.63) is 21.9 Å². The normalized spacial score (nSPS) is 8.50. The molecule has 0 unspecified atom stereocenters. The molecule has 0 N–H and O–H groups in total. The van der Waals surface area contributed by atoms with E-state index in [0.717, 1.165) is 4.88 Å². The average Bonchev–Trinajstić information content (AvgIpc) is 2.14. The molecule has 4 heteroatoms. The number of rotatable bonds is 1. The number of carbonyl (C=O) groups is 1. The van der Waals surface area contributed by atoms with Crippen LogP contribution in [0.1, 0.15) is 14.5 Å². The molecule has 0 atom stereocenters. The van der Waals surface area contributed by atoms with Gasteiger partial charge in [0.25, 0.3) is 0 Å². The van der Waals surface area contributed by atoms with Gasteiger partial charge in [-0.1, -0.05) is 0 Å². The van der Waals surface area contributed by atoms with Gasteiger partial charge in [-0.15, -0.1) is 11.3 Å². The Morgan fingerprint density at radius 2 is 2.20 bits per heavy atom. The maximum Gasteiger partial charge on any atom is 1.00 e. The molecule has 1 rings (SSSR count). The Hall–Kier alpha value is -0.233. The van der Waals surface area contributed by atoms with Gasteiger partial charge in [-0.2, -0.15) is 0 Å². The summed E-state index contributed by atoms with van der Waals surface area (Å²) in [7, 11) is 0. The van der Waals surface area contributed by atoms with Crippen molar-refractivity contribution in [2.75, 3.05) is 0 Å². The van der Waals surface area contributed by atoms with E-state index in [-0.39, 0.29) is 18.9 Å². The zero-order valence-electron chi connectivity index (χ0n) is 5.88. The number of aromatic carboxylic acids is 1. The summed E-state index contributed by atoms with van der Waals surface area (Å²) >= 11 is 1.23. The first-order valence-corrected chi connectivity index (χ1v) is 3.29. The van der Waals surface area contributed by atoms with Gasteiger partial charge in [-0.25, -0.2) is 0 Å². The summed E-state index contributed by atoms with van der Waals surface area (Å²) in [6.07, 6.45) is 0. The Morgan fingerprint density at radius 3 is 2.40 bits per heavy atom. The Kier molecular flexibility index (Phi) is 3.73. The third-order valence-electron chi connectivity index (χ3n) is 0.942. The van der Waals surface area contributed by atoms with E-state index < -0.39 is 5.97 Å². The van der Waals surface area contributed by atoms with Gasteiger partial charge in [0.05, 0.1) is 10.8 Å². The van der Waals surface area contributed by atoms with Gasteiger partial charge in [0.1, 0.15) is 0 Å². The molecule has 10 heavy (non-hydrogen) atoms. The fraction of sp³-hybridized carbons (Fsp3) is 0.167. The minimum absolute atomic E-state index is 0. The number of thiophene rings is 1. The van der Waals surface area contributed by atoms with Crippen LogP contribution in [0.25, 0.3) is 0 Å². The average molecular weight is 148 g/mol. The van der Waals surface area contributed by atoms with Crippen molar-refractivity contribution in [3.8, 4) is 0 Å². The van der Waals surface area contributed by atoms with Crippen LogP contribution in [-0.2, 0) is 0 Å². The van der Waals surface area contributed by atoms with Gasteiger partial charge in [0, 0.05) is 4.88 Å². The van der Waals surface area contributed by atoms with Crippen molar-refractivity contribution >= 4 is 17.3 Å². The molecular weight excluding hydrogens is 143 g/mol. The summed E-state index contributed by atoms with van der Waals surface area (Å²) < 4.78 is 0. The number of carbonyl (C=O) groups excluding carboxylic acids is 1. The zero-order chi connectivity index (χ0) is 6.85. The second-order valence-electron chi connectivity index (χ2n) is 1.70. The summed E-state index contributed by atoms with van der Waals surface area (Å²) in [6, 6.07) is 3.31. The summed E-state index contributed by atoms with van der Waals surface area (Å²) in [5, 5.41) is 10.1. The van der Waals surface area contributed by atoms with Crippen LogP contribution in [0.3, 0.4) is 0 Å². The number of hydrogen-bond donors (Lipinski definition) is 0. The zero-order valence-corrected chi connectivity index (χ0v) is 6.70.